The molecule has 0 saturated carbocycles. The maximum atomic E-state index is 12.5. The number of anilines is 1. The lowest BCUT2D eigenvalue weighted by Gasteiger charge is -2.08. The Bertz CT molecular complexity index is 750. The summed E-state index contributed by atoms with van der Waals surface area (Å²) in [5.41, 5.74) is 1.87. The van der Waals surface area contributed by atoms with E-state index >= 15 is 0 Å². The van der Waals surface area contributed by atoms with E-state index in [0.717, 1.165) is 16.3 Å². The van der Waals surface area contributed by atoms with Crippen LogP contribution < -0.4 is 9.75 Å². The molecule has 22 heavy (non-hydrogen) atoms. The van der Waals surface area contributed by atoms with Gasteiger partial charge in [0.15, 0.2) is 0 Å². The molecule has 0 radical (unpaired) electrons. The van der Waals surface area contributed by atoms with Crippen molar-refractivity contribution in [2.75, 3.05) is 11.6 Å². The van der Waals surface area contributed by atoms with Crippen LogP contribution in [0.2, 0.25) is 0 Å². The third kappa shape index (κ3) is 2.46. The lowest BCUT2D eigenvalue weighted by atomic mass is 10.1. The molecule has 112 valence electrons. The first-order chi connectivity index (χ1) is 10.7. The lowest BCUT2D eigenvalue weighted by Crippen LogP contribution is -2.22. The van der Waals surface area contributed by atoms with Crippen LogP contribution >= 0.6 is 0 Å². The zero-order chi connectivity index (χ0) is 15.5. The summed E-state index contributed by atoms with van der Waals surface area (Å²) in [5, 5.41) is 18.6. The van der Waals surface area contributed by atoms with Crippen molar-refractivity contribution in [2.45, 2.75) is 13.8 Å². The van der Waals surface area contributed by atoms with Gasteiger partial charge in [0.1, 0.15) is 5.75 Å². The van der Waals surface area contributed by atoms with Crippen LogP contribution in [-0.2, 0) is 4.79 Å². The number of hydrogen-bond acceptors (Lipinski definition) is 6. The second-order valence-electron chi connectivity index (χ2n) is 4.54. The van der Waals surface area contributed by atoms with Crippen LogP contribution in [0.5, 0.6) is 5.75 Å². The number of rotatable bonds is 4. The van der Waals surface area contributed by atoms with Crippen molar-refractivity contribution in [3.63, 3.8) is 0 Å². The van der Waals surface area contributed by atoms with E-state index in [1.807, 2.05) is 31.2 Å². The van der Waals surface area contributed by atoms with Gasteiger partial charge < -0.3 is 4.74 Å². The van der Waals surface area contributed by atoms with Gasteiger partial charge in [0.25, 0.3) is 11.9 Å². The molecule has 0 fully saturated rings. The fourth-order valence-corrected chi connectivity index (χ4v) is 2.11. The number of amides is 1. The number of para-hydroxylation sites is 1. The quantitative estimate of drug-likeness (QED) is 0.861. The number of aromatic amines is 1. The highest BCUT2D eigenvalue weighted by Crippen LogP contribution is 2.25. The minimum absolute atomic E-state index is 0.117. The second kappa shape index (κ2) is 5.76. The summed E-state index contributed by atoms with van der Waals surface area (Å²) in [7, 11) is 0. The fraction of sp³-hybridized carbons (Fsp3) is 0.214. The Hall–Kier alpha value is -3.03. The number of ether oxygens (including phenoxy) is 1. The minimum atomic E-state index is -0.301. The van der Waals surface area contributed by atoms with Gasteiger partial charge in [0.05, 0.1) is 17.9 Å². The van der Waals surface area contributed by atoms with E-state index in [0.29, 0.717) is 17.9 Å². The van der Waals surface area contributed by atoms with E-state index in [9.17, 15) is 4.79 Å². The van der Waals surface area contributed by atoms with Crippen LogP contribution in [0.25, 0.3) is 6.08 Å². The lowest BCUT2D eigenvalue weighted by molar-refractivity contribution is -0.114. The van der Waals surface area contributed by atoms with Crippen molar-refractivity contribution in [3.8, 4) is 5.75 Å². The van der Waals surface area contributed by atoms with Gasteiger partial charge in [-0.1, -0.05) is 23.3 Å². The van der Waals surface area contributed by atoms with Gasteiger partial charge in [-0.25, -0.2) is 0 Å². The maximum Gasteiger partial charge on any atom is 0.293 e. The van der Waals surface area contributed by atoms with Crippen molar-refractivity contribution in [2.24, 2.45) is 5.10 Å². The zero-order valence-electron chi connectivity index (χ0n) is 12.1. The van der Waals surface area contributed by atoms with Crippen LogP contribution in [-0.4, -0.2) is 38.8 Å². The molecule has 1 aromatic carbocycles. The minimum Gasteiger partial charge on any atom is -0.493 e. The second-order valence-corrected chi connectivity index (χ2v) is 4.54. The Labute approximate surface area is 126 Å². The number of carbonyl (C=O) groups is 1. The number of carbonyl (C=O) groups excluding carboxylic acids is 1. The predicted molar refractivity (Wildman–Crippen MR) is 80.4 cm³/mol. The number of nitrogens with zero attached hydrogens (tertiary/aromatic N) is 5. The van der Waals surface area contributed by atoms with E-state index in [4.69, 9.17) is 4.74 Å². The Morgan fingerprint density at radius 3 is 2.91 bits per heavy atom. The molecule has 2 heterocycles. The summed E-state index contributed by atoms with van der Waals surface area (Å²) >= 11 is 0. The van der Waals surface area contributed by atoms with Crippen LogP contribution in [0.15, 0.2) is 34.9 Å². The van der Waals surface area contributed by atoms with Crippen LogP contribution in [0, 0.1) is 0 Å². The number of benzene rings is 1. The molecule has 3 rings (SSSR count). The molecule has 0 unspecified atom stereocenters. The number of hydrazone groups is 1. The number of hydrogen-bond donors (Lipinski definition) is 1. The normalized spacial score (nSPS) is 16.3. The van der Waals surface area contributed by atoms with E-state index in [1.165, 1.54) is 0 Å². The zero-order valence-corrected chi connectivity index (χ0v) is 12.1. The molecular weight excluding hydrogens is 284 g/mol. The van der Waals surface area contributed by atoms with E-state index in [-0.39, 0.29) is 11.9 Å². The van der Waals surface area contributed by atoms with Crippen molar-refractivity contribution < 1.29 is 9.53 Å². The number of nitrogens with one attached hydrogen (secondary N) is 1. The molecule has 0 saturated heterocycles. The van der Waals surface area contributed by atoms with Gasteiger partial charge in [-0.2, -0.15) is 15.3 Å². The summed E-state index contributed by atoms with van der Waals surface area (Å²) in [6.07, 6.45) is 1.76. The van der Waals surface area contributed by atoms with E-state index < -0.39 is 0 Å². The molecule has 1 aliphatic heterocycles. The highest BCUT2D eigenvalue weighted by atomic mass is 16.5. The smallest absolute Gasteiger partial charge is 0.293 e. The third-order valence-corrected chi connectivity index (χ3v) is 3.10. The Morgan fingerprint density at radius 1 is 1.36 bits per heavy atom. The monoisotopic (exact) mass is 298 g/mol. The van der Waals surface area contributed by atoms with Gasteiger partial charge in [0, 0.05) is 5.56 Å². The van der Waals surface area contributed by atoms with Gasteiger partial charge in [0.2, 0.25) is 0 Å². The fourth-order valence-electron chi connectivity index (χ4n) is 2.11. The molecular formula is C14H14N6O2. The number of H-pyrrole nitrogens is 1. The molecule has 8 nitrogen and oxygen atoms in total. The predicted octanol–water partition coefficient (Wildman–Crippen LogP) is 1.40. The molecule has 1 amide bonds. The van der Waals surface area contributed by atoms with Crippen LogP contribution in [0.3, 0.4) is 0 Å². The SMILES string of the molecule is CCOc1ccccc1/C=C1/C(=O)N(c2nn[nH]n2)N=C1C. The van der Waals surface area contributed by atoms with Crippen molar-refractivity contribution >= 4 is 23.6 Å². The highest BCUT2D eigenvalue weighted by Gasteiger charge is 2.31. The van der Waals surface area contributed by atoms with Crippen LogP contribution in [0.4, 0.5) is 5.95 Å². The van der Waals surface area contributed by atoms with E-state index in [2.05, 4.69) is 25.7 Å². The molecule has 0 atom stereocenters. The molecule has 0 aliphatic carbocycles. The molecule has 1 aliphatic rings. The van der Waals surface area contributed by atoms with Crippen molar-refractivity contribution in [3.05, 3.63) is 35.4 Å². The Morgan fingerprint density at radius 2 is 2.18 bits per heavy atom. The summed E-state index contributed by atoms with van der Waals surface area (Å²) in [4.78, 5) is 12.5. The number of tetrazole rings is 1. The highest BCUT2D eigenvalue weighted by molar-refractivity contribution is 6.31. The van der Waals surface area contributed by atoms with Gasteiger partial charge in [-0.15, -0.1) is 5.10 Å². The molecule has 0 spiro atoms. The average Bonchev–Trinajstić information content (AvgIpc) is 3.13. The van der Waals surface area contributed by atoms with Crippen molar-refractivity contribution in [1.29, 1.82) is 0 Å². The molecule has 2 aromatic rings. The maximum absolute atomic E-state index is 12.5. The summed E-state index contributed by atoms with van der Waals surface area (Å²) in [6.45, 7) is 4.22. The summed E-state index contributed by atoms with van der Waals surface area (Å²) in [5.74, 6) is 0.534. The van der Waals surface area contributed by atoms with Gasteiger partial charge in [-0.05, 0) is 31.2 Å². The Balaban J connectivity index is 1.96. The van der Waals surface area contributed by atoms with Gasteiger partial charge >= 0.3 is 0 Å². The van der Waals surface area contributed by atoms with Crippen LogP contribution in [0.1, 0.15) is 19.4 Å². The first-order valence-corrected chi connectivity index (χ1v) is 6.77. The summed E-state index contributed by atoms with van der Waals surface area (Å²) in [6, 6.07) is 7.52. The average molecular weight is 298 g/mol. The third-order valence-electron chi connectivity index (χ3n) is 3.10. The standard InChI is InChI=1S/C14H14N6O2/c1-3-22-12-7-5-4-6-10(12)8-11-9(2)17-20(13(11)21)14-15-18-19-16-14/h4-8H,3H2,1-2H3,(H,15,16,18,19)/b11-8+. The summed E-state index contributed by atoms with van der Waals surface area (Å²) < 4.78 is 5.57. The largest absolute Gasteiger partial charge is 0.493 e. The van der Waals surface area contributed by atoms with Crippen molar-refractivity contribution in [1.82, 2.24) is 20.6 Å². The first-order valence-electron chi connectivity index (χ1n) is 6.77. The first kappa shape index (κ1) is 13.9. The molecule has 1 N–H and O–H groups in total. The van der Waals surface area contributed by atoms with E-state index in [1.54, 1.807) is 13.0 Å². The molecule has 8 heteroatoms. The topological polar surface area (TPSA) is 96.4 Å². The Kier molecular flexibility index (Phi) is 3.65. The number of aromatic nitrogens is 4. The molecule has 0 bridgehead atoms. The van der Waals surface area contributed by atoms with Gasteiger partial charge in [-0.3, -0.25) is 4.79 Å². The molecule has 1 aromatic heterocycles.